The quantitative estimate of drug-likeness (QED) is 0.602. The molecule has 0 fully saturated rings. The van der Waals surface area contributed by atoms with Crippen LogP contribution in [0, 0.1) is 0 Å². The van der Waals surface area contributed by atoms with Crippen LogP contribution in [0.4, 0.5) is 24.8 Å². The average molecular weight is 417 g/mol. The third-order valence-corrected chi connectivity index (χ3v) is 4.62. The van der Waals surface area contributed by atoms with Crippen molar-refractivity contribution < 1.29 is 17.9 Å². The molecule has 0 bridgehead atoms. The van der Waals surface area contributed by atoms with Crippen molar-refractivity contribution in [2.24, 2.45) is 7.05 Å². The van der Waals surface area contributed by atoms with Crippen LogP contribution in [0.15, 0.2) is 55.2 Å². The highest BCUT2D eigenvalue weighted by Crippen LogP contribution is 2.35. The summed E-state index contributed by atoms with van der Waals surface area (Å²) in [5, 5.41) is 10.5. The van der Waals surface area contributed by atoms with Gasteiger partial charge in [-0.15, -0.1) is 13.2 Å². The Balaban J connectivity index is 0.00000256. The van der Waals surface area contributed by atoms with E-state index < -0.39 is 6.36 Å². The Morgan fingerprint density at radius 3 is 2.77 bits per heavy atom. The zero-order valence-electron chi connectivity index (χ0n) is 15.5. The number of fused-ring (bicyclic) bond motifs is 1. The number of nitrogens with one attached hydrogen (secondary N) is 2. The van der Waals surface area contributed by atoms with Crippen LogP contribution in [0.2, 0.25) is 0 Å². The third-order valence-electron chi connectivity index (χ3n) is 4.62. The van der Waals surface area contributed by atoms with E-state index in [9.17, 15) is 13.2 Å². The molecule has 0 spiro atoms. The van der Waals surface area contributed by atoms with Crippen molar-refractivity contribution in [1.29, 1.82) is 0 Å². The SMILES string of the molecule is C.C=C(Nc1ccc2c(n1)NC(c1cccc(OC(F)(F)F)c1)C2)c1ccnn1C. The van der Waals surface area contributed by atoms with Gasteiger partial charge in [-0.3, -0.25) is 4.68 Å². The van der Waals surface area contributed by atoms with Crippen molar-refractivity contribution >= 4 is 17.3 Å². The number of rotatable bonds is 5. The first-order chi connectivity index (χ1) is 13.8. The van der Waals surface area contributed by atoms with Crippen LogP contribution < -0.4 is 15.4 Å². The first-order valence-corrected chi connectivity index (χ1v) is 8.85. The first kappa shape index (κ1) is 21.2. The Labute approximate surface area is 172 Å². The van der Waals surface area contributed by atoms with E-state index in [1.165, 1.54) is 12.1 Å². The summed E-state index contributed by atoms with van der Waals surface area (Å²) in [4.78, 5) is 4.57. The molecule has 1 atom stereocenters. The largest absolute Gasteiger partial charge is 0.573 e. The van der Waals surface area contributed by atoms with Gasteiger partial charge in [0.25, 0.3) is 0 Å². The fourth-order valence-corrected chi connectivity index (χ4v) is 3.30. The Kier molecular flexibility index (Phi) is 5.73. The van der Waals surface area contributed by atoms with Gasteiger partial charge in [0.15, 0.2) is 0 Å². The zero-order valence-corrected chi connectivity index (χ0v) is 15.5. The molecule has 1 aliphatic rings. The normalized spacial score (nSPS) is 15.0. The number of ether oxygens (including phenoxy) is 1. The van der Waals surface area contributed by atoms with Crippen LogP contribution in [0.3, 0.4) is 0 Å². The molecule has 1 aromatic carbocycles. The highest BCUT2D eigenvalue weighted by molar-refractivity contribution is 5.73. The van der Waals surface area contributed by atoms with Gasteiger partial charge >= 0.3 is 6.36 Å². The fourth-order valence-electron chi connectivity index (χ4n) is 3.30. The van der Waals surface area contributed by atoms with E-state index >= 15 is 0 Å². The van der Waals surface area contributed by atoms with Gasteiger partial charge < -0.3 is 15.4 Å². The number of benzene rings is 1. The molecule has 6 nitrogen and oxygen atoms in total. The number of pyridine rings is 1. The summed E-state index contributed by atoms with van der Waals surface area (Å²) in [6.07, 6.45) is -2.43. The second kappa shape index (κ2) is 8.10. The Morgan fingerprint density at radius 2 is 2.07 bits per heavy atom. The van der Waals surface area contributed by atoms with Crippen LogP contribution in [-0.4, -0.2) is 21.1 Å². The molecule has 0 saturated heterocycles. The predicted octanol–water partition coefficient (Wildman–Crippen LogP) is 5.14. The lowest BCUT2D eigenvalue weighted by Crippen LogP contribution is -2.17. The molecule has 4 rings (SSSR count). The Hall–Kier alpha value is -3.49. The molecule has 1 aliphatic heterocycles. The summed E-state index contributed by atoms with van der Waals surface area (Å²) in [5.41, 5.74) is 3.16. The lowest BCUT2D eigenvalue weighted by molar-refractivity contribution is -0.274. The van der Waals surface area contributed by atoms with Crippen molar-refractivity contribution in [1.82, 2.24) is 14.8 Å². The molecule has 0 radical (unpaired) electrons. The van der Waals surface area contributed by atoms with Crippen molar-refractivity contribution in [3.05, 3.63) is 72.1 Å². The van der Waals surface area contributed by atoms with E-state index in [2.05, 4.69) is 32.0 Å². The van der Waals surface area contributed by atoms with E-state index in [4.69, 9.17) is 0 Å². The number of halogens is 3. The molecule has 9 heteroatoms. The lowest BCUT2D eigenvalue weighted by Gasteiger charge is -2.14. The van der Waals surface area contributed by atoms with Crippen molar-refractivity contribution in [2.75, 3.05) is 10.6 Å². The monoisotopic (exact) mass is 417 g/mol. The topological polar surface area (TPSA) is 64.0 Å². The van der Waals surface area contributed by atoms with Gasteiger partial charge in [-0.25, -0.2) is 4.98 Å². The zero-order chi connectivity index (χ0) is 20.6. The smallest absolute Gasteiger partial charge is 0.406 e. The number of hydrogen-bond acceptors (Lipinski definition) is 5. The van der Waals surface area contributed by atoms with E-state index in [1.807, 2.05) is 25.2 Å². The van der Waals surface area contributed by atoms with Gasteiger partial charge in [0.05, 0.1) is 17.4 Å². The van der Waals surface area contributed by atoms with Gasteiger partial charge in [-0.1, -0.05) is 32.2 Å². The first-order valence-electron chi connectivity index (χ1n) is 8.85. The Morgan fingerprint density at radius 1 is 1.27 bits per heavy atom. The third kappa shape index (κ3) is 4.56. The van der Waals surface area contributed by atoms with Crippen molar-refractivity contribution in [3.8, 4) is 5.75 Å². The number of aryl methyl sites for hydroxylation is 1. The maximum Gasteiger partial charge on any atom is 0.573 e. The molecule has 0 saturated carbocycles. The Bertz CT molecular complexity index is 1060. The standard InChI is InChI=1S/C20H18F3N5O.CH4/c1-12(17-8-9-24-28(17)2)25-18-7-6-14-11-16(26-19(14)27-18)13-4-3-5-15(10-13)29-20(21,22)23;/h3-10,16H,1,11H2,2H3,(H2,25,26,27);1H4. The van der Waals surface area contributed by atoms with Gasteiger partial charge in [0.1, 0.15) is 17.4 Å². The van der Waals surface area contributed by atoms with Crippen molar-refractivity contribution in [2.45, 2.75) is 26.3 Å². The number of hydrogen-bond donors (Lipinski definition) is 2. The summed E-state index contributed by atoms with van der Waals surface area (Å²) in [6.45, 7) is 4.01. The molecule has 3 aromatic rings. The van der Waals surface area contributed by atoms with Gasteiger partial charge in [0, 0.05) is 19.7 Å². The molecule has 1 unspecified atom stereocenters. The summed E-state index contributed by atoms with van der Waals surface area (Å²) in [6, 6.07) is 11.4. The molecular weight excluding hydrogens is 395 g/mol. The van der Waals surface area contributed by atoms with Gasteiger partial charge in [-0.2, -0.15) is 5.10 Å². The number of nitrogens with zero attached hydrogens (tertiary/aromatic N) is 3. The molecular formula is C21H22F3N5O. The van der Waals surface area contributed by atoms with Crippen LogP contribution in [0.5, 0.6) is 5.75 Å². The highest BCUT2D eigenvalue weighted by Gasteiger charge is 2.31. The molecule has 30 heavy (non-hydrogen) atoms. The molecule has 0 aliphatic carbocycles. The van der Waals surface area contributed by atoms with Crippen LogP contribution in [0.1, 0.15) is 30.3 Å². The maximum atomic E-state index is 12.5. The maximum absolute atomic E-state index is 12.5. The minimum Gasteiger partial charge on any atom is -0.406 e. The lowest BCUT2D eigenvalue weighted by atomic mass is 10.0. The minimum atomic E-state index is -4.72. The molecule has 3 heterocycles. The summed E-state index contributed by atoms with van der Waals surface area (Å²) in [7, 11) is 1.82. The molecule has 158 valence electrons. The van der Waals surface area contributed by atoms with Crippen LogP contribution in [0.25, 0.3) is 5.70 Å². The number of anilines is 2. The number of aromatic nitrogens is 3. The average Bonchev–Trinajstić information content (AvgIpc) is 3.26. The van der Waals surface area contributed by atoms with Crippen LogP contribution >= 0.6 is 0 Å². The summed E-state index contributed by atoms with van der Waals surface area (Å²) < 4.78 is 43.1. The molecule has 2 N–H and O–H groups in total. The van der Waals surface area contributed by atoms with E-state index in [0.29, 0.717) is 29.3 Å². The van der Waals surface area contributed by atoms with Crippen molar-refractivity contribution in [3.63, 3.8) is 0 Å². The van der Waals surface area contributed by atoms with E-state index in [1.54, 1.807) is 23.0 Å². The minimum absolute atomic E-state index is 0. The second-order valence-corrected chi connectivity index (χ2v) is 6.67. The summed E-state index contributed by atoms with van der Waals surface area (Å²) in [5.74, 6) is 1.05. The second-order valence-electron chi connectivity index (χ2n) is 6.67. The van der Waals surface area contributed by atoms with Gasteiger partial charge in [0.2, 0.25) is 0 Å². The number of alkyl halides is 3. The van der Waals surface area contributed by atoms with Gasteiger partial charge in [-0.05, 0) is 35.4 Å². The summed E-state index contributed by atoms with van der Waals surface area (Å²) >= 11 is 0. The fraction of sp³-hybridized carbons (Fsp3) is 0.238. The molecule has 2 aromatic heterocycles. The van der Waals surface area contributed by atoms with Crippen LogP contribution in [-0.2, 0) is 13.5 Å². The molecule has 0 amide bonds. The van der Waals surface area contributed by atoms with E-state index in [-0.39, 0.29) is 19.2 Å². The predicted molar refractivity (Wildman–Crippen MR) is 110 cm³/mol. The highest BCUT2D eigenvalue weighted by atomic mass is 19.4. The van der Waals surface area contributed by atoms with E-state index in [0.717, 1.165) is 11.3 Å².